The Morgan fingerprint density at radius 2 is 1.62 bits per heavy atom. The maximum atomic E-state index is 8.00. The first-order chi connectivity index (χ1) is 15.3. The van der Waals surface area contributed by atoms with E-state index in [0.29, 0.717) is 11.3 Å². The Morgan fingerprint density at radius 3 is 2.09 bits per heavy atom. The highest BCUT2D eigenvalue weighted by molar-refractivity contribution is 5.27. The summed E-state index contributed by atoms with van der Waals surface area (Å²) in [5, 5.41) is 0. The minimum atomic E-state index is 0. The lowest BCUT2D eigenvalue weighted by molar-refractivity contribution is -0.0980. The van der Waals surface area contributed by atoms with Crippen LogP contribution in [0.2, 0.25) is 0 Å². The number of allylic oxidation sites excluding steroid dienone is 4. The molecule has 3 aliphatic rings. The van der Waals surface area contributed by atoms with Gasteiger partial charge in [-0.15, -0.1) is 0 Å². The molecular formula is C31H51O3. The minimum absolute atomic E-state index is 0. The van der Waals surface area contributed by atoms with Gasteiger partial charge >= 0.3 is 0 Å². The number of carbonyl (C=O) groups is 1. The van der Waals surface area contributed by atoms with Crippen LogP contribution < -0.4 is 0 Å². The van der Waals surface area contributed by atoms with E-state index < -0.39 is 0 Å². The molecule has 4 N–H and O–H groups in total. The van der Waals surface area contributed by atoms with Gasteiger partial charge in [-0.1, -0.05) is 94.2 Å². The Kier molecular flexibility index (Phi) is 14.5. The number of hydrogen-bond acceptors (Lipinski definition) is 1. The lowest BCUT2D eigenvalue weighted by Crippen LogP contribution is -2.33. The van der Waals surface area contributed by atoms with Crippen molar-refractivity contribution in [1.29, 1.82) is 0 Å². The predicted octanol–water partition coefficient (Wildman–Crippen LogP) is 7.24. The maximum Gasteiger partial charge on any atom is 0.106 e. The van der Waals surface area contributed by atoms with E-state index in [4.69, 9.17) is 4.79 Å². The minimum Gasteiger partial charge on any atom is -0.412 e. The summed E-state index contributed by atoms with van der Waals surface area (Å²) in [6.07, 6.45) is 18.8. The molecule has 0 amide bonds. The van der Waals surface area contributed by atoms with Gasteiger partial charge in [0.15, 0.2) is 0 Å². The average molecular weight is 472 g/mol. The lowest BCUT2D eigenvalue weighted by Gasteiger charge is -2.45. The van der Waals surface area contributed by atoms with Crippen molar-refractivity contribution in [3.8, 4) is 0 Å². The van der Waals surface area contributed by atoms with Crippen LogP contribution in [-0.2, 0) is 4.79 Å². The average Bonchev–Trinajstić information content (AvgIpc) is 3.60. The number of carbonyl (C=O) groups excluding carboxylic acids is 1. The summed E-state index contributed by atoms with van der Waals surface area (Å²) in [7, 11) is 0. The number of rotatable bonds is 5. The fourth-order valence-corrected chi connectivity index (χ4v) is 5.72. The molecular weight excluding hydrogens is 420 g/mol. The van der Waals surface area contributed by atoms with Gasteiger partial charge in [-0.3, -0.25) is 0 Å². The fourth-order valence-electron chi connectivity index (χ4n) is 5.72. The molecule has 3 unspecified atom stereocenters. The van der Waals surface area contributed by atoms with Crippen molar-refractivity contribution in [2.24, 2.45) is 29.1 Å². The van der Waals surface area contributed by atoms with Crippen LogP contribution in [0.25, 0.3) is 0 Å². The zero-order valence-corrected chi connectivity index (χ0v) is 22.6. The van der Waals surface area contributed by atoms with E-state index in [1.54, 1.807) is 5.56 Å². The van der Waals surface area contributed by atoms with E-state index >= 15 is 0 Å². The van der Waals surface area contributed by atoms with E-state index in [0.717, 1.165) is 23.7 Å². The summed E-state index contributed by atoms with van der Waals surface area (Å²) in [6, 6.07) is 9.31. The van der Waals surface area contributed by atoms with Gasteiger partial charge in [-0.25, -0.2) is 0 Å². The molecule has 1 radical (unpaired) electrons. The molecule has 0 saturated heterocycles. The van der Waals surface area contributed by atoms with E-state index in [1.165, 1.54) is 56.1 Å². The second-order valence-electron chi connectivity index (χ2n) is 11.2. The van der Waals surface area contributed by atoms with Crippen molar-refractivity contribution in [3.63, 3.8) is 0 Å². The van der Waals surface area contributed by atoms with Crippen LogP contribution in [0.1, 0.15) is 96.6 Å². The zero-order chi connectivity index (χ0) is 23.7. The SMILES string of the molecule is C=O.CCC1[CH]C(C)=CC=C1.Cc1ccc(C2CCC([C@H](C)CC3CC3)CC2(C)C)cc1.O.O. The molecule has 0 bridgehead atoms. The Bertz CT molecular complexity index is 742. The van der Waals surface area contributed by atoms with Crippen LogP contribution in [0.15, 0.2) is 48.1 Å². The molecule has 3 nitrogen and oxygen atoms in total. The van der Waals surface area contributed by atoms with Crippen LogP contribution in [0.3, 0.4) is 0 Å². The summed E-state index contributed by atoms with van der Waals surface area (Å²) in [4.78, 5) is 8.00. The molecule has 4 atom stereocenters. The summed E-state index contributed by atoms with van der Waals surface area (Å²) in [5.74, 6) is 4.42. The van der Waals surface area contributed by atoms with Gasteiger partial charge in [0.05, 0.1) is 0 Å². The number of hydrogen-bond donors (Lipinski definition) is 0. The van der Waals surface area contributed by atoms with Crippen molar-refractivity contribution in [3.05, 3.63) is 65.6 Å². The lowest BCUT2D eigenvalue weighted by atomic mass is 9.60. The molecule has 0 aliphatic heterocycles. The maximum absolute atomic E-state index is 8.00. The van der Waals surface area contributed by atoms with Gasteiger partial charge in [0, 0.05) is 0 Å². The van der Waals surface area contributed by atoms with Gasteiger partial charge in [0.2, 0.25) is 0 Å². The molecule has 2 fully saturated rings. The van der Waals surface area contributed by atoms with E-state index in [9.17, 15) is 0 Å². The quantitative estimate of drug-likeness (QED) is 0.445. The summed E-state index contributed by atoms with van der Waals surface area (Å²) in [5.41, 5.74) is 4.79. The smallest absolute Gasteiger partial charge is 0.106 e. The molecule has 4 rings (SSSR count). The van der Waals surface area contributed by atoms with E-state index in [1.807, 2.05) is 6.79 Å². The fraction of sp³-hybridized carbons (Fsp3) is 0.613. The summed E-state index contributed by atoms with van der Waals surface area (Å²) in [6.45, 7) is 16.1. The van der Waals surface area contributed by atoms with Gasteiger partial charge < -0.3 is 15.7 Å². The molecule has 2 saturated carbocycles. The largest absolute Gasteiger partial charge is 0.412 e. The molecule has 34 heavy (non-hydrogen) atoms. The molecule has 1 aromatic rings. The second kappa shape index (κ2) is 15.3. The Labute approximate surface area is 209 Å². The topological polar surface area (TPSA) is 80.1 Å². The van der Waals surface area contributed by atoms with Crippen LogP contribution >= 0.6 is 0 Å². The summed E-state index contributed by atoms with van der Waals surface area (Å²) >= 11 is 0. The van der Waals surface area contributed by atoms with Crippen LogP contribution in [0, 0.1) is 42.4 Å². The Balaban J connectivity index is 0.000000713. The highest BCUT2D eigenvalue weighted by Gasteiger charge is 2.40. The zero-order valence-electron chi connectivity index (χ0n) is 22.6. The molecule has 3 heteroatoms. The molecule has 0 aromatic heterocycles. The van der Waals surface area contributed by atoms with Crippen LogP contribution in [-0.4, -0.2) is 17.7 Å². The van der Waals surface area contributed by atoms with Crippen molar-refractivity contribution in [1.82, 2.24) is 0 Å². The Hall–Kier alpha value is -1.71. The van der Waals surface area contributed by atoms with Crippen molar-refractivity contribution in [2.75, 3.05) is 0 Å². The predicted molar refractivity (Wildman–Crippen MR) is 147 cm³/mol. The van der Waals surface area contributed by atoms with Gasteiger partial charge in [-0.2, -0.15) is 0 Å². The molecule has 193 valence electrons. The molecule has 0 heterocycles. The standard InChI is InChI=1S/C21H32.C9H13.CH2O.2H2O/c1-15-5-9-18(10-6-15)20-12-11-19(14-21(20,3)4)16(2)13-17-7-8-17;1-3-9-6-4-5-8(2)7-9;1-2;;/h5-6,9-10,16-17,19-20H,7-8,11-14H2,1-4H3;4-7,9H,3H2,1-2H3;1H2;2*1H2/t16-,19?,20?;;;;/m1..../s1. The second-order valence-corrected chi connectivity index (χ2v) is 11.2. The number of benzene rings is 1. The highest BCUT2D eigenvalue weighted by atomic mass is 16.1. The third-order valence-electron chi connectivity index (χ3n) is 7.91. The van der Waals surface area contributed by atoms with E-state index in [2.05, 4.69) is 90.5 Å². The Morgan fingerprint density at radius 1 is 1.00 bits per heavy atom. The van der Waals surface area contributed by atoms with Crippen molar-refractivity contribution in [2.45, 2.75) is 92.4 Å². The van der Waals surface area contributed by atoms with Gasteiger partial charge in [-0.05, 0) is 92.9 Å². The molecule has 0 spiro atoms. The first-order valence-corrected chi connectivity index (χ1v) is 12.8. The third kappa shape index (κ3) is 9.88. The monoisotopic (exact) mass is 471 g/mol. The van der Waals surface area contributed by atoms with Gasteiger partial charge in [0.25, 0.3) is 0 Å². The van der Waals surface area contributed by atoms with E-state index in [-0.39, 0.29) is 11.0 Å². The van der Waals surface area contributed by atoms with Gasteiger partial charge in [0.1, 0.15) is 6.79 Å². The van der Waals surface area contributed by atoms with Crippen molar-refractivity contribution >= 4 is 6.79 Å². The van der Waals surface area contributed by atoms with Crippen molar-refractivity contribution < 1.29 is 15.7 Å². The third-order valence-corrected chi connectivity index (χ3v) is 7.91. The first-order valence-electron chi connectivity index (χ1n) is 12.8. The van der Waals surface area contributed by atoms with Crippen LogP contribution in [0.4, 0.5) is 0 Å². The normalized spacial score (nSPS) is 25.6. The first kappa shape index (κ1) is 32.3. The summed E-state index contributed by atoms with van der Waals surface area (Å²) < 4.78 is 0. The highest BCUT2D eigenvalue weighted by Crippen LogP contribution is 2.52. The molecule has 3 aliphatic carbocycles. The number of aryl methyl sites for hydroxylation is 1. The molecule has 1 aromatic carbocycles. The van der Waals surface area contributed by atoms with Crippen LogP contribution in [0.5, 0.6) is 0 Å².